The molecule has 0 saturated carbocycles. The van der Waals surface area contributed by atoms with Crippen LogP contribution in [0.4, 0.5) is 5.69 Å². The molecule has 0 aliphatic carbocycles. The van der Waals surface area contributed by atoms with E-state index in [0.29, 0.717) is 17.3 Å². The maximum Gasteiger partial charge on any atom is 0.264 e. The van der Waals surface area contributed by atoms with Crippen molar-refractivity contribution in [3.05, 3.63) is 94.5 Å². The molecule has 1 atom stereocenters. The first-order valence-corrected chi connectivity index (χ1v) is 14.3. The predicted octanol–water partition coefficient (Wildman–Crippen LogP) is 5.10. The summed E-state index contributed by atoms with van der Waals surface area (Å²) in [4.78, 5) is 28.3. The van der Waals surface area contributed by atoms with Crippen LogP contribution >= 0.6 is 11.6 Å². The van der Waals surface area contributed by atoms with E-state index in [1.165, 1.54) is 29.2 Å². The van der Waals surface area contributed by atoms with Crippen LogP contribution in [0, 0.1) is 13.8 Å². The average Bonchev–Trinajstić information content (AvgIpc) is 2.89. The summed E-state index contributed by atoms with van der Waals surface area (Å²) in [6.45, 7) is 7.55. The third kappa shape index (κ3) is 7.14. The molecule has 3 aromatic carbocycles. The number of sulfonamides is 1. The number of anilines is 1. The fraction of sp³-hybridized carbons (Fsp3) is 0.310. The highest BCUT2D eigenvalue weighted by Gasteiger charge is 2.32. The summed E-state index contributed by atoms with van der Waals surface area (Å²) in [6.07, 6.45) is 0.755. The van der Waals surface area contributed by atoms with E-state index in [-0.39, 0.29) is 17.3 Å². The van der Waals surface area contributed by atoms with E-state index < -0.39 is 28.5 Å². The minimum atomic E-state index is -4.13. The monoisotopic (exact) mass is 555 g/mol. The van der Waals surface area contributed by atoms with Crippen molar-refractivity contribution in [1.82, 2.24) is 10.2 Å². The minimum Gasteiger partial charge on any atom is -0.354 e. The van der Waals surface area contributed by atoms with Crippen molar-refractivity contribution in [2.75, 3.05) is 17.4 Å². The van der Waals surface area contributed by atoms with Gasteiger partial charge in [0.2, 0.25) is 11.8 Å². The molecule has 7 nitrogen and oxygen atoms in total. The third-order valence-electron chi connectivity index (χ3n) is 6.29. The molecule has 0 radical (unpaired) electrons. The van der Waals surface area contributed by atoms with E-state index in [4.69, 9.17) is 11.6 Å². The standard InChI is InChI=1S/C29H34ClN3O4S/c1-5-17-31-29(35)23(4)32(19-24-11-7-6-10-22(24)3)28(34)20-33(26-12-8-9-21(2)18-26)38(36,37)27-15-13-25(30)14-16-27/h6-16,18,23H,5,17,19-20H2,1-4H3,(H,31,35)/t23-/m0/s1. The Balaban J connectivity index is 2.03. The zero-order valence-corrected chi connectivity index (χ0v) is 23.7. The molecule has 202 valence electrons. The quantitative estimate of drug-likeness (QED) is 0.357. The highest BCUT2D eigenvalue weighted by atomic mass is 35.5. The van der Waals surface area contributed by atoms with Gasteiger partial charge in [0.15, 0.2) is 0 Å². The van der Waals surface area contributed by atoms with Crippen LogP contribution in [0.5, 0.6) is 0 Å². The van der Waals surface area contributed by atoms with Gasteiger partial charge >= 0.3 is 0 Å². The van der Waals surface area contributed by atoms with Crippen LogP contribution in [0.25, 0.3) is 0 Å². The molecule has 3 aromatic rings. The molecule has 0 aliphatic heterocycles. The van der Waals surface area contributed by atoms with Gasteiger partial charge in [-0.15, -0.1) is 0 Å². The van der Waals surface area contributed by atoms with Gasteiger partial charge in [-0.3, -0.25) is 13.9 Å². The van der Waals surface area contributed by atoms with Gasteiger partial charge in [-0.05, 0) is 80.3 Å². The van der Waals surface area contributed by atoms with Crippen molar-refractivity contribution >= 4 is 39.1 Å². The Hall–Kier alpha value is -3.36. The molecule has 0 unspecified atom stereocenters. The number of carbonyl (C=O) groups is 2. The molecule has 0 fully saturated rings. The van der Waals surface area contributed by atoms with E-state index in [0.717, 1.165) is 27.4 Å². The van der Waals surface area contributed by atoms with Gasteiger partial charge in [-0.25, -0.2) is 8.42 Å². The van der Waals surface area contributed by atoms with Crippen LogP contribution in [0.1, 0.15) is 37.0 Å². The summed E-state index contributed by atoms with van der Waals surface area (Å²) in [7, 11) is -4.13. The van der Waals surface area contributed by atoms with Crippen molar-refractivity contribution in [3.8, 4) is 0 Å². The van der Waals surface area contributed by atoms with E-state index >= 15 is 0 Å². The van der Waals surface area contributed by atoms with E-state index in [2.05, 4.69) is 5.32 Å². The van der Waals surface area contributed by atoms with E-state index in [9.17, 15) is 18.0 Å². The average molecular weight is 556 g/mol. The van der Waals surface area contributed by atoms with Crippen LogP contribution in [-0.4, -0.2) is 44.3 Å². The maximum absolute atomic E-state index is 13.9. The lowest BCUT2D eigenvalue weighted by Crippen LogP contribution is -2.51. The summed E-state index contributed by atoms with van der Waals surface area (Å²) in [5.41, 5.74) is 3.04. The molecule has 1 N–H and O–H groups in total. The first-order chi connectivity index (χ1) is 18.0. The molecule has 0 saturated heterocycles. The maximum atomic E-state index is 13.9. The molecule has 38 heavy (non-hydrogen) atoms. The van der Waals surface area contributed by atoms with E-state index in [1.54, 1.807) is 25.1 Å². The number of hydrogen-bond donors (Lipinski definition) is 1. The lowest BCUT2D eigenvalue weighted by atomic mass is 10.1. The van der Waals surface area contributed by atoms with Gasteiger partial charge in [0.1, 0.15) is 12.6 Å². The second kappa shape index (κ2) is 12.9. The molecule has 0 spiro atoms. The largest absolute Gasteiger partial charge is 0.354 e. The van der Waals surface area contributed by atoms with Crippen LogP contribution in [0.15, 0.2) is 77.7 Å². The first-order valence-electron chi connectivity index (χ1n) is 12.5. The van der Waals surface area contributed by atoms with Crippen molar-refractivity contribution in [3.63, 3.8) is 0 Å². The van der Waals surface area contributed by atoms with Crippen molar-refractivity contribution in [1.29, 1.82) is 0 Å². The first kappa shape index (κ1) is 29.2. The van der Waals surface area contributed by atoms with Gasteiger partial charge in [0, 0.05) is 18.1 Å². The third-order valence-corrected chi connectivity index (χ3v) is 8.33. The minimum absolute atomic E-state index is 0.00963. The number of rotatable bonds is 11. The summed E-state index contributed by atoms with van der Waals surface area (Å²) < 4.78 is 28.7. The Morgan fingerprint density at radius 3 is 2.29 bits per heavy atom. The number of halogens is 1. The summed E-state index contributed by atoms with van der Waals surface area (Å²) in [5, 5.41) is 3.25. The molecule has 3 rings (SSSR count). The lowest BCUT2D eigenvalue weighted by Gasteiger charge is -2.32. The molecule has 0 aromatic heterocycles. The number of nitrogens with zero attached hydrogens (tertiary/aromatic N) is 2. The number of nitrogens with one attached hydrogen (secondary N) is 1. The highest BCUT2D eigenvalue weighted by molar-refractivity contribution is 7.92. The Morgan fingerprint density at radius 2 is 1.66 bits per heavy atom. The lowest BCUT2D eigenvalue weighted by molar-refractivity contribution is -0.139. The van der Waals surface area contributed by atoms with Gasteiger partial charge < -0.3 is 10.2 Å². The fourth-order valence-electron chi connectivity index (χ4n) is 4.00. The molecule has 0 bridgehead atoms. The summed E-state index contributed by atoms with van der Waals surface area (Å²) in [6, 6.07) is 19.6. The molecular weight excluding hydrogens is 522 g/mol. The molecular formula is C29H34ClN3O4S. The van der Waals surface area contributed by atoms with Crippen molar-refractivity contribution < 1.29 is 18.0 Å². The van der Waals surface area contributed by atoms with Gasteiger partial charge in [-0.1, -0.05) is 54.9 Å². The Bertz CT molecular complexity index is 1380. The molecule has 0 heterocycles. The van der Waals surface area contributed by atoms with E-state index in [1.807, 2.05) is 51.1 Å². The van der Waals surface area contributed by atoms with Crippen LogP contribution in [-0.2, 0) is 26.2 Å². The predicted molar refractivity (Wildman–Crippen MR) is 152 cm³/mol. The summed E-state index contributed by atoms with van der Waals surface area (Å²) in [5.74, 6) is -0.789. The Labute approximate surface area is 230 Å². The van der Waals surface area contributed by atoms with Crippen molar-refractivity contribution in [2.45, 2.75) is 51.6 Å². The fourth-order valence-corrected chi connectivity index (χ4v) is 5.53. The number of benzene rings is 3. The Kier molecular flexibility index (Phi) is 9.94. The van der Waals surface area contributed by atoms with Gasteiger partial charge in [-0.2, -0.15) is 0 Å². The van der Waals surface area contributed by atoms with Gasteiger partial charge in [0.25, 0.3) is 10.0 Å². The molecule has 0 aliphatic rings. The molecule has 2 amide bonds. The van der Waals surface area contributed by atoms with Crippen LogP contribution in [0.3, 0.4) is 0 Å². The number of hydrogen-bond acceptors (Lipinski definition) is 4. The Morgan fingerprint density at radius 1 is 0.974 bits per heavy atom. The SMILES string of the molecule is CCCNC(=O)[C@H](C)N(Cc1ccccc1C)C(=O)CN(c1cccc(C)c1)S(=O)(=O)c1ccc(Cl)cc1. The highest BCUT2D eigenvalue weighted by Crippen LogP contribution is 2.26. The normalized spacial score (nSPS) is 12.0. The number of carbonyl (C=O) groups excluding carboxylic acids is 2. The van der Waals surface area contributed by atoms with Crippen molar-refractivity contribution in [2.24, 2.45) is 0 Å². The zero-order valence-electron chi connectivity index (χ0n) is 22.1. The summed E-state index contributed by atoms with van der Waals surface area (Å²) >= 11 is 5.99. The van der Waals surface area contributed by atoms with Crippen LogP contribution < -0.4 is 9.62 Å². The van der Waals surface area contributed by atoms with Gasteiger partial charge in [0.05, 0.1) is 10.6 Å². The second-order valence-electron chi connectivity index (χ2n) is 9.22. The zero-order chi connectivity index (χ0) is 27.9. The van der Waals surface area contributed by atoms with Crippen LogP contribution in [0.2, 0.25) is 5.02 Å². The number of aryl methyl sites for hydroxylation is 2. The molecule has 9 heteroatoms. The smallest absolute Gasteiger partial charge is 0.264 e. The second-order valence-corrected chi connectivity index (χ2v) is 11.5. The topological polar surface area (TPSA) is 86.8 Å². The number of amides is 2.